The van der Waals surface area contributed by atoms with E-state index in [-0.39, 0.29) is 16.6 Å². The minimum atomic E-state index is -3.80. The molecule has 0 amide bonds. The van der Waals surface area contributed by atoms with Crippen molar-refractivity contribution in [1.29, 1.82) is 0 Å². The first-order valence-electron chi connectivity index (χ1n) is 5.56. The zero-order valence-electron chi connectivity index (χ0n) is 9.32. The van der Waals surface area contributed by atoms with Crippen LogP contribution >= 0.6 is 0 Å². The number of nitrogens with one attached hydrogen (secondary N) is 1. The van der Waals surface area contributed by atoms with Crippen molar-refractivity contribution >= 4 is 15.7 Å². The molecule has 1 aliphatic rings. The van der Waals surface area contributed by atoms with Crippen LogP contribution in [0.1, 0.15) is 25.7 Å². The molecule has 17 heavy (non-hydrogen) atoms. The second kappa shape index (κ2) is 4.62. The first kappa shape index (κ1) is 12.3. The lowest BCUT2D eigenvalue weighted by Crippen LogP contribution is -2.33. The molecule has 0 atom stereocenters. The molecule has 0 unspecified atom stereocenters. The average Bonchev–Trinajstić information content (AvgIpc) is 2.73. The van der Waals surface area contributed by atoms with Crippen LogP contribution in [0, 0.1) is 5.82 Å². The van der Waals surface area contributed by atoms with Crippen LogP contribution in [0.25, 0.3) is 0 Å². The maximum Gasteiger partial charge on any atom is 0.243 e. The summed E-state index contributed by atoms with van der Waals surface area (Å²) in [5.41, 5.74) is 5.71. The fourth-order valence-electron chi connectivity index (χ4n) is 2.05. The molecule has 6 heteroatoms. The summed E-state index contributed by atoms with van der Waals surface area (Å²) in [5, 5.41) is 0. The standard InChI is InChI=1S/C11H15FN2O2S/c12-10-6-5-8(13)7-11(10)17(15,16)14-9-3-1-2-4-9/h5-7,9,14H,1-4,13H2. The lowest BCUT2D eigenvalue weighted by molar-refractivity contribution is 0.537. The number of nitrogen functional groups attached to an aromatic ring is 1. The molecule has 1 fully saturated rings. The molecule has 94 valence electrons. The van der Waals surface area contributed by atoms with Crippen molar-refractivity contribution in [2.45, 2.75) is 36.6 Å². The Bertz CT molecular complexity index is 510. The SMILES string of the molecule is Nc1ccc(F)c(S(=O)(=O)NC2CCCC2)c1. The number of anilines is 1. The van der Waals surface area contributed by atoms with Gasteiger partial charge < -0.3 is 5.73 Å². The van der Waals surface area contributed by atoms with Crippen LogP contribution in [-0.2, 0) is 10.0 Å². The fourth-order valence-corrected chi connectivity index (χ4v) is 3.47. The van der Waals surface area contributed by atoms with Gasteiger partial charge >= 0.3 is 0 Å². The third-order valence-electron chi connectivity index (χ3n) is 2.92. The first-order chi connectivity index (χ1) is 7.99. The van der Waals surface area contributed by atoms with Crippen LogP contribution in [0.15, 0.2) is 23.1 Å². The van der Waals surface area contributed by atoms with Gasteiger partial charge in [0.15, 0.2) is 0 Å². The molecule has 0 radical (unpaired) electrons. The zero-order chi connectivity index (χ0) is 12.5. The molecule has 1 saturated carbocycles. The summed E-state index contributed by atoms with van der Waals surface area (Å²) in [6, 6.07) is 3.47. The van der Waals surface area contributed by atoms with Gasteiger partial charge in [0.25, 0.3) is 0 Å². The van der Waals surface area contributed by atoms with Gasteiger partial charge in [0, 0.05) is 11.7 Å². The number of hydrogen-bond acceptors (Lipinski definition) is 3. The van der Waals surface area contributed by atoms with Gasteiger partial charge in [-0.15, -0.1) is 0 Å². The van der Waals surface area contributed by atoms with Crippen molar-refractivity contribution in [3.63, 3.8) is 0 Å². The maximum atomic E-state index is 13.5. The summed E-state index contributed by atoms with van der Waals surface area (Å²) in [5.74, 6) is -0.773. The van der Waals surface area contributed by atoms with E-state index in [0.29, 0.717) is 0 Å². The van der Waals surface area contributed by atoms with Gasteiger partial charge in [0.2, 0.25) is 10.0 Å². The van der Waals surface area contributed by atoms with Crippen molar-refractivity contribution in [3.8, 4) is 0 Å². The van der Waals surface area contributed by atoms with E-state index in [1.54, 1.807) is 0 Å². The summed E-state index contributed by atoms with van der Waals surface area (Å²) in [6.45, 7) is 0. The van der Waals surface area contributed by atoms with Gasteiger partial charge in [-0.25, -0.2) is 17.5 Å². The Labute approximate surface area is 100 Å². The molecule has 1 aromatic carbocycles. The normalized spacial score (nSPS) is 17.5. The monoisotopic (exact) mass is 258 g/mol. The highest BCUT2D eigenvalue weighted by Gasteiger charge is 2.25. The molecule has 1 aliphatic carbocycles. The van der Waals surface area contributed by atoms with Crippen LogP contribution in [0.3, 0.4) is 0 Å². The molecular formula is C11H15FN2O2S. The highest BCUT2D eigenvalue weighted by molar-refractivity contribution is 7.89. The van der Waals surface area contributed by atoms with E-state index in [9.17, 15) is 12.8 Å². The lowest BCUT2D eigenvalue weighted by Gasteiger charge is -2.13. The zero-order valence-corrected chi connectivity index (χ0v) is 10.1. The summed E-state index contributed by atoms with van der Waals surface area (Å²) < 4.78 is 39.9. The van der Waals surface area contributed by atoms with Gasteiger partial charge in [-0.3, -0.25) is 0 Å². The van der Waals surface area contributed by atoms with Crippen molar-refractivity contribution in [1.82, 2.24) is 4.72 Å². The third-order valence-corrected chi connectivity index (χ3v) is 4.46. The van der Waals surface area contributed by atoms with Gasteiger partial charge in [-0.2, -0.15) is 0 Å². The van der Waals surface area contributed by atoms with Crippen molar-refractivity contribution in [2.75, 3.05) is 5.73 Å². The van der Waals surface area contributed by atoms with Crippen LogP contribution in [0.5, 0.6) is 0 Å². The Morgan fingerprint density at radius 1 is 1.29 bits per heavy atom. The molecule has 1 aromatic rings. The molecule has 3 N–H and O–H groups in total. The van der Waals surface area contributed by atoms with E-state index < -0.39 is 15.8 Å². The van der Waals surface area contributed by atoms with E-state index in [1.165, 1.54) is 6.07 Å². The largest absolute Gasteiger partial charge is 0.399 e. The number of halogens is 1. The summed E-state index contributed by atoms with van der Waals surface area (Å²) in [6.07, 6.45) is 3.63. The van der Waals surface area contributed by atoms with Crippen molar-refractivity contribution in [3.05, 3.63) is 24.0 Å². The summed E-state index contributed by atoms with van der Waals surface area (Å²) in [7, 11) is -3.80. The van der Waals surface area contributed by atoms with Crippen LogP contribution in [0.4, 0.5) is 10.1 Å². The van der Waals surface area contributed by atoms with Gasteiger partial charge in [-0.1, -0.05) is 12.8 Å². The molecule has 0 saturated heterocycles. The Kier molecular flexibility index (Phi) is 3.35. The third kappa shape index (κ3) is 2.76. The second-order valence-electron chi connectivity index (χ2n) is 4.29. The van der Waals surface area contributed by atoms with E-state index in [0.717, 1.165) is 37.8 Å². The molecule has 0 aromatic heterocycles. The topological polar surface area (TPSA) is 72.2 Å². The summed E-state index contributed by atoms with van der Waals surface area (Å²) in [4.78, 5) is -0.371. The maximum absolute atomic E-state index is 13.5. The predicted molar refractivity (Wildman–Crippen MR) is 63.4 cm³/mol. The Morgan fingerprint density at radius 2 is 1.94 bits per heavy atom. The van der Waals surface area contributed by atoms with Crippen molar-refractivity contribution in [2.24, 2.45) is 0 Å². The van der Waals surface area contributed by atoms with Crippen LogP contribution < -0.4 is 10.5 Å². The molecular weight excluding hydrogens is 243 g/mol. The quantitative estimate of drug-likeness (QED) is 0.809. The number of sulfonamides is 1. The minimum absolute atomic E-state index is 0.0826. The molecule has 0 bridgehead atoms. The molecule has 2 rings (SSSR count). The highest BCUT2D eigenvalue weighted by atomic mass is 32.2. The van der Waals surface area contributed by atoms with Crippen LogP contribution in [0.2, 0.25) is 0 Å². The van der Waals surface area contributed by atoms with E-state index >= 15 is 0 Å². The second-order valence-corrected chi connectivity index (χ2v) is 5.97. The lowest BCUT2D eigenvalue weighted by atomic mass is 10.3. The number of nitrogens with two attached hydrogens (primary N) is 1. The number of hydrogen-bond donors (Lipinski definition) is 2. The Hall–Kier alpha value is -1.14. The molecule has 0 heterocycles. The Morgan fingerprint density at radius 3 is 2.59 bits per heavy atom. The highest BCUT2D eigenvalue weighted by Crippen LogP contribution is 2.22. The Balaban J connectivity index is 2.27. The smallest absolute Gasteiger partial charge is 0.243 e. The molecule has 4 nitrogen and oxygen atoms in total. The number of rotatable bonds is 3. The summed E-state index contributed by atoms with van der Waals surface area (Å²) >= 11 is 0. The average molecular weight is 258 g/mol. The molecule has 0 aliphatic heterocycles. The minimum Gasteiger partial charge on any atom is -0.399 e. The predicted octanol–water partition coefficient (Wildman–Crippen LogP) is 1.63. The van der Waals surface area contributed by atoms with E-state index in [4.69, 9.17) is 5.73 Å². The van der Waals surface area contributed by atoms with E-state index in [1.807, 2.05) is 0 Å². The van der Waals surface area contributed by atoms with Gasteiger partial charge in [-0.05, 0) is 31.0 Å². The van der Waals surface area contributed by atoms with E-state index in [2.05, 4.69) is 4.72 Å². The fraction of sp³-hybridized carbons (Fsp3) is 0.455. The van der Waals surface area contributed by atoms with Crippen molar-refractivity contribution < 1.29 is 12.8 Å². The van der Waals surface area contributed by atoms with Crippen LogP contribution in [-0.4, -0.2) is 14.5 Å². The first-order valence-corrected chi connectivity index (χ1v) is 7.05. The number of benzene rings is 1. The van der Waals surface area contributed by atoms with Gasteiger partial charge in [0.05, 0.1) is 0 Å². The molecule has 0 spiro atoms. The van der Waals surface area contributed by atoms with Gasteiger partial charge in [0.1, 0.15) is 10.7 Å².